The van der Waals surface area contributed by atoms with Gasteiger partial charge in [-0.2, -0.15) is 4.98 Å². The number of benzene rings is 1. The van der Waals surface area contributed by atoms with E-state index in [4.69, 9.17) is 9.97 Å². The Labute approximate surface area is 181 Å². The Hall–Kier alpha value is -2.74. The first-order chi connectivity index (χ1) is 15.2. The molecule has 0 unspecified atom stereocenters. The molecule has 1 aromatic carbocycles. The number of fused-ring (bicyclic) bond motifs is 1. The van der Waals surface area contributed by atoms with Crippen LogP contribution in [-0.2, 0) is 0 Å². The maximum Gasteiger partial charge on any atom is 0.224 e. The second kappa shape index (κ2) is 8.78. The maximum absolute atomic E-state index is 14.3. The number of aromatic nitrogens is 4. The number of nitrogens with zero attached hydrogens (tertiary/aromatic N) is 4. The Balaban J connectivity index is 1.51. The molecule has 7 nitrogen and oxygen atoms in total. The summed E-state index contributed by atoms with van der Waals surface area (Å²) in [5, 5.41) is 16.6. The van der Waals surface area contributed by atoms with Crippen LogP contribution in [0.2, 0.25) is 0 Å². The molecule has 8 heteroatoms. The second-order valence-corrected chi connectivity index (χ2v) is 8.75. The fourth-order valence-corrected chi connectivity index (χ4v) is 4.82. The van der Waals surface area contributed by atoms with Crippen molar-refractivity contribution in [2.45, 2.75) is 76.0 Å². The molecule has 3 N–H and O–H groups in total. The molecule has 0 amide bonds. The molecule has 0 radical (unpaired) electrons. The highest BCUT2D eigenvalue weighted by Gasteiger charge is 2.26. The van der Waals surface area contributed by atoms with E-state index in [0.717, 1.165) is 44.2 Å². The summed E-state index contributed by atoms with van der Waals surface area (Å²) in [5.41, 5.74) is 1.80. The minimum Gasteiger partial charge on any atom is -0.393 e. The van der Waals surface area contributed by atoms with Gasteiger partial charge in [0.15, 0.2) is 5.65 Å². The van der Waals surface area contributed by atoms with Gasteiger partial charge in [0.1, 0.15) is 11.3 Å². The summed E-state index contributed by atoms with van der Waals surface area (Å²) in [6.07, 6.45) is 10.7. The first kappa shape index (κ1) is 20.2. The van der Waals surface area contributed by atoms with Gasteiger partial charge in [0.2, 0.25) is 11.9 Å². The van der Waals surface area contributed by atoms with Crippen LogP contribution in [0.4, 0.5) is 22.0 Å². The van der Waals surface area contributed by atoms with Crippen LogP contribution in [-0.4, -0.2) is 36.8 Å². The smallest absolute Gasteiger partial charge is 0.224 e. The lowest BCUT2D eigenvalue weighted by atomic mass is 9.93. The van der Waals surface area contributed by atoms with Crippen LogP contribution in [0.1, 0.15) is 63.8 Å². The number of anilines is 3. The third-order valence-corrected chi connectivity index (χ3v) is 6.52. The minimum atomic E-state index is -0.328. The van der Waals surface area contributed by atoms with Gasteiger partial charge in [0.05, 0.1) is 18.0 Å². The number of hydrogen-bond acceptors (Lipinski definition) is 6. The van der Waals surface area contributed by atoms with Gasteiger partial charge in [-0.05, 0) is 50.7 Å². The SMILES string of the molecule is OC1CCC(n2c(Nc3ccccc3F)nc3cnc(NC4CCCCC4)nc32)CC1. The lowest BCUT2D eigenvalue weighted by Crippen LogP contribution is -2.24. The summed E-state index contributed by atoms with van der Waals surface area (Å²) in [5.74, 6) is 0.852. The van der Waals surface area contributed by atoms with Gasteiger partial charge in [0.25, 0.3) is 0 Å². The Kier molecular flexibility index (Phi) is 5.72. The molecule has 0 aliphatic heterocycles. The Bertz CT molecular complexity index is 1040. The van der Waals surface area contributed by atoms with Crippen LogP contribution in [0.5, 0.6) is 0 Å². The summed E-state index contributed by atoms with van der Waals surface area (Å²) in [7, 11) is 0. The van der Waals surface area contributed by atoms with Gasteiger partial charge < -0.3 is 15.7 Å². The van der Waals surface area contributed by atoms with E-state index in [1.807, 2.05) is 0 Å². The van der Waals surface area contributed by atoms with E-state index in [0.29, 0.717) is 29.1 Å². The standard InChI is InChI=1S/C23H29FN6O/c24-18-8-4-5-9-19(18)27-23-28-20-14-25-22(26-15-6-2-1-3-7-15)29-21(20)30(23)16-10-12-17(31)13-11-16/h4-5,8-9,14-17,31H,1-3,6-7,10-13H2,(H,27,28)(H,25,26,29). The predicted molar refractivity (Wildman–Crippen MR) is 119 cm³/mol. The third kappa shape index (κ3) is 4.35. The van der Waals surface area contributed by atoms with Crippen LogP contribution in [0.25, 0.3) is 11.2 Å². The lowest BCUT2D eigenvalue weighted by Gasteiger charge is -2.28. The second-order valence-electron chi connectivity index (χ2n) is 8.75. The summed E-state index contributed by atoms with van der Waals surface area (Å²) >= 11 is 0. The van der Waals surface area contributed by atoms with Crippen molar-refractivity contribution < 1.29 is 9.50 Å². The molecule has 2 saturated carbocycles. The number of nitrogens with one attached hydrogen (secondary N) is 2. The van der Waals surface area contributed by atoms with Gasteiger partial charge in [-0.15, -0.1) is 0 Å². The summed E-state index contributed by atoms with van der Waals surface area (Å²) in [4.78, 5) is 14.0. The third-order valence-electron chi connectivity index (χ3n) is 6.52. The first-order valence-corrected chi connectivity index (χ1v) is 11.4. The largest absolute Gasteiger partial charge is 0.393 e. The fourth-order valence-electron chi connectivity index (χ4n) is 4.82. The van der Waals surface area contributed by atoms with E-state index >= 15 is 0 Å². The Morgan fingerprint density at radius 3 is 2.52 bits per heavy atom. The molecule has 0 atom stereocenters. The molecular formula is C23H29FN6O. The monoisotopic (exact) mass is 424 g/mol. The van der Waals surface area contributed by atoms with Gasteiger partial charge in [-0.3, -0.25) is 4.57 Å². The lowest BCUT2D eigenvalue weighted by molar-refractivity contribution is 0.112. The van der Waals surface area contributed by atoms with Crippen molar-refractivity contribution in [1.29, 1.82) is 0 Å². The van der Waals surface area contributed by atoms with Crippen molar-refractivity contribution in [3.8, 4) is 0 Å². The van der Waals surface area contributed by atoms with E-state index in [2.05, 4.69) is 20.2 Å². The molecular weight excluding hydrogens is 395 g/mol. The number of hydrogen-bond donors (Lipinski definition) is 3. The number of halogens is 1. The molecule has 2 heterocycles. The zero-order valence-electron chi connectivity index (χ0n) is 17.6. The van der Waals surface area contributed by atoms with Crippen LogP contribution in [0, 0.1) is 5.82 Å². The highest BCUT2D eigenvalue weighted by Crippen LogP contribution is 2.35. The first-order valence-electron chi connectivity index (χ1n) is 11.4. The minimum absolute atomic E-state index is 0.139. The molecule has 0 saturated heterocycles. The molecule has 2 aliphatic rings. The molecule has 0 spiro atoms. The topological polar surface area (TPSA) is 87.9 Å². The van der Waals surface area contributed by atoms with Gasteiger partial charge in [-0.25, -0.2) is 14.4 Å². The van der Waals surface area contributed by atoms with E-state index in [-0.39, 0.29) is 18.0 Å². The van der Waals surface area contributed by atoms with Crippen molar-refractivity contribution in [2.75, 3.05) is 10.6 Å². The van der Waals surface area contributed by atoms with Crippen molar-refractivity contribution in [1.82, 2.24) is 19.5 Å². The molecule has 0 bridgehead atoms. The van der Waals surface area contributed by atoms with Gasteiger partial charge >= 0.3 is 0 Å². The van der Waals surface area contributed by atoms with E-state index in [1.165, 1.54) is 25.3 Å². The van der Waals surface area contributed by atoms with Crippen LogP contribution in [0.3, 0.4) is 0 Å². The summed E-state index contributed by atoms with van der Waals surface area (Å²) < 4.78 is 16.4. The van der Waals surface area contributed by atoms with E-state index < -0.39 is 0 Å². The molecule has 2 aromatic heterocycles. The number of imidazole rings is 1. The Morgan fingerprint density at radius 2 is 1.74 bits per heavy atom. The molecule has 5 rings (SSSR count). The summed E-state index contributed by atoms with van der Waals surface area (Å²) in [6, 6.07) is 7.13. The van der Waals surface area contributed by atoms with Crippen molar-refractivity contribution in [3.05, 3.63) is 36.3 Å². The summed E-state index contributed by atoms with van der Waals surface area (Å²) in [6.45, 7) is 0. The average molecular weight is 425 g/mol. The highest BCUT2D eigenvalue weighted by atomic mass is 19.1. The molecule has 31 heavy (non-hydrogen) atoms. The number of aliphatic hydroxyl groups excluding tert-OH is 1. The molecule has 2 aliphatic carbocycles. The fraction of sp³-hybridized carbons (Fsp3) is 0.522. The number of aliphatic hydroxyl groups is 1. The molecule has 2 fully saturated rings. The van der Waals surface area contributed by atoms with Gasteiger partial charge in [0, 0.05) is 12.1 Å². The number of rotatable bonds is 5. The quantitative estimate of drug-likeness (QED) is 0.538. The zero-order valence-corrected chi connectivity index (χ0v) is 17.6. The van der Waals surface area contributed by atoms with Crippen molar-refractivity contribution >= 4 is 28.7 Å². The maximum atomic E-state index is 14.3. The van der Waals surface area contributed by atoms with E-state index in [9.17, 15) is 9.50 Å². The Morgan fingerprint density at radius 1 is 0.968 bits per heavy atom. The molecule has 3 aromatic rings. The van der Waals surface area contributed by atoms with Gasteiger partial charge in [-0.1, -0.05) is 31.4 Å². The average Bonchev–Trinajstić information content (AvgIpc) is 3.14. The zero-order chi connectivity index (χ0) is 21.2. The highest BCUT2D eigenvalue weighted by molar-refractivity contribution is 5.76. The van der Waals surface area contributed by atoms with E-state index in [1.54, 1.807) is 24.4 Å². The normalized spacial score (nSPS) is 22.5. The predicted octanol–water partition coefficient (Wildman–Crippen LogP) is 4.93. The van der Waals surface area contributed by atoms with Crippen LogP contribution >= 0.6 is 0 Å². The van der Waals surface area contributed by atoms with Crippen LogP contribution < -0.4 is 10.6 Å². The van der Waals surface area contributed by atoms with Crippen LogP contribution in [0.15, 0.2) is 30.5 Å². The van der Waals surface area contributed by atoms with Crippen molar-refractivity contribution in [3.63, 3.8) is 0 Å². The number of para-hydroxylation sites is 1. The van der Waals surface area contributed by atoms with Crippen molar-refractivity contribution in [2.24, 2.45) is 0 Å². The molecule has 164 valence electrons.